The number of halogens is 1. The van der Waals surface area contributed by atoms with Gasteiger partial charge in [0.2, 0.25) is 0 Å². The Morgan fingerprint density at radius 3 is 2.81 bits per heavy atom. The number of benzene rings is 1. The van der Waals surface area contributed by atoms with Crippen LogP contribution >= 0.6 is 11.6 Å². The summed E-state index contributed by atoms with van der Waals surface area (Å²) < 4.78 is 6.90. The minimum absolute atomic E-state index is 0.150. The van der Waals surface area contributed by atoms with Crippen molar-refractivity contribution in [2.45, 2.75) is 0 Å². The number of aromatic carboxylic acids is 1. The Hall–Kier alpha value is -2.60. The van der Waals surface area contributed by atoms with E-state index in [2.05, 4.69) is 10.2 Å². The molecule has 0 fully saturated rings. The molecule has 1 N–H and O–H groups in total. The maximum Gasteiger partial charge on any atom is 0.337 e. The van der Waals surface area contributed by atoms with Crippen LogP contribution in [0.5, 0.6) is 5.75 Å². The minimum atomic E-state index is -1.01. The molecule has 0 radical (unpaired) electrons. The second-order valence-electron chi connectivity index (χ2n) is 4.32. The van der Waals surface area contributed by atoms with Crippen LogP contribution in [-0.2, 0) is 0 Å². The lowest BCUT2D eigenvalue weighted by Crippen LogP contribution is -2.00. The van der Waals surface area contributed by atoms with E-state index in [0.717, 1.165) is 0 Å². The van der Waals surface area contributed by atoms with E-state index < -0.39 is 5.97 Å². The van der Waals surface area contributed by atoms with Crippen LogP contribution in [-0.4, -0.2) is 32.8 Å². The normalized spacial score (nSPS) is 10.8. The van der Waals surface area contributed by atoms with E-state index in [4.69, 9.17) is 21.4 Å². The summed E-state index contributed by atoms with van der Waals surface area (Å²) in [7, 11) is 1.53. The quantitative estimate of drug-likeness (QED) is 0.805. The van der Waals surface area contributed by atoms with Crippen molar-refractivity contribution >= 4 is 23.2 Å². The molecule has 0 aliphatic heterocycles. The fraction of sp³-hybridized carbons (Fsp3) is 0.0714. The fourth-order valence-corrected chi connectivity index (χ4v) is 2.21. The highest BCUT2D eigenvalue weighted by Crippen LogP contribution is 2.31. The van der Waals surface area contributed by atoms with Gasteiger partial charge in [0.15, 0.2) is 11.5 Å². The van der Waals surface area contributed by atoms with Crippen LogP contribution in [0.3, 0.4) is 0 Å². The SMILES string of the molecule is COc1cc(Cl)ccc1-c1nnc2ccc(C(=O)O)cn12. The number of rotatable bonds is 3. The van der Waals surface area contributed by atoms with Crippen molar-refractivity contribution in [2.75, 3.05) is 7.11 Å². The van der Waals surface area contributed by atoms with E-state index in [1.165, 1.54) is 19.4 Å². The topological polar surface area (TPSA) is 76.7 Å². The Kier molecular flexibility index (Phi) is 3.23. The zero-order chi connectivity index (χ0) is 15.0. The Labute approximate surface area is 124 Å². The molecule has 1 aromatic carbocycles. The molecule has 0 bridgehead atoms. The highest BCUT2D eigenvalue weighted by Gasteiger charge is 2.15. The van der Waals surface area contributed by atoms with E-state index in [9.17, 15) is 4.79 Å². The number of fused-ring (bicyclic) bond motifs is 1. The molecule has 0 amide bonds. The third-order valence-electron chi connectivity index (χ3n) is 3.05. The van der Waals surface area contributed by atoms with Crippen molar-refractivity contribution in [3.8, 4) is 17.1 Å². The van der Waals surface area contributed by atoms with Crippen molar-refractivity contribution in [3.05, 3.63) is 47.1 Å². The third kappa shape index (κ3) is 2.30. The van der Waals surface area contributed by atoms with Gasteiger partial charge in [0.25, 0.3) is 0 Å². The molecule has 0 spiro atoms. The predicted octanol–water partition coefficient (Wildman–Crippen LogP) is 2.76. The molecule has 106 valence electrons. The van der Waals surface area contributed by atoms with E-state index in [1.54, 1.807) is 28.7 Å². The number of carboxylic acid groups (broad SMARTS) is 1. The summed E-state index contributed by atoms with van der Waals surface area (Å²) in [6.07, 6.45) is 1.47. The van der Waals surface area contributed by atoms with Gasteiger partial charge in [-0.1, -0.05) is 11.6 Å². The molecule has 7 heteroatoms. The summed E-state index contributed by atoms with van der Waals surface area (Å²) >= 11 is 5.94. The van der Waals surface area contributed by atoms with Gasteiger partial charge in [-0.05, 0) is 30.3 Å². The first-order valence-electron chi connectivity index (χ1n) is 6.02. The largest absolute Gasteiger partial charge is 0.496 e. The van der Waals surface area contributed by atoms with E-state index in [0.29, 0.717) is 27.8 Å². The zero-order valence-corrected chi connectivity index (χ0v) is 11.7. The molecular formula is C14H10ClN3O3. The minimum Gasteiger partial charge on any atom is -0.496 e. The van der Waals surface area contributed by atoms with Crippen LogP contribution in [0, 0.1) is 0 Å². The number of hydrogen-bond donors (Lipinski definition) is 1. The Morgan fingerprint density at radius 1 is 1.29 bits per heavy atom. The monoisotopic (exact) mass is 303 g/mol. The first-order valence-corrected chi connectivity index (χ1v) is 6.40. The van der Waals surface area contributed by atoms with Gasteiger partial charge >= 0.3 is 5.97 Å². The van der Waals surface area contributed by atoms with Gasteiger partial charge in [0.05, 0.1) is 18.2 Å². The van der Waals surface area contributed by atoms with E-state index in [-0.39, 0.29) is 5.56 Å². The highest BCUT2D eigenvalue weighted by atomic mass is 35.5. The molecule has 6 nitrogen and oxygen atoms in total. The van der Waals surface area contributed by atoms with Crippen LogP contribution in [0.4, 0.5) is 0 Å². The van der Waals surface area contributed by atoms with Crippen LogP contribution in [0.2, 0.25) is 5.02 Å². The van der Waals surface area contributed by atoms with Crippen molar-refractivity contribution in [1.29, 1.82) is 0 Å². The Bertz CT molecular complexity index is 845. The smallest absolute Gasteiger partial charge is 0.337 e. The van der Waals surface area contributed by atoms with Crippen LogP contribution in [0.15, 0.2) is 36.5 Å². The maximum absolute atomic E-state index is 11.1. The second-order valence-corrected chi connectivity index (χ2v) is 4.76. The number of carbonyl (C=O) groups is 1. The standard InChI is InChI=1S/C14H10ClN3O3/c1-21-11-6-9(15)3-4-10(11)13-17-16-12-5-2-8(14(19)20)7-18(12)13/h2-7H,1H3,(H,19,20). The molecule has 0 saturated heterocycles. The molecule has 2 aromatic heterocycles. The van der Waals surface area contributed by atoms with Crippen LogP contribution < -0.4 is 4.74 Å². The molecule has 0 unspecified atom stereocenters. The summed E-state index contributed by atoms with van der Waals surface area (Å²) in [4.78, 5) is 11.1. The number of carboxylic acids is 1. The highest BCUT2D eigenvalue weighted by molar-refractivity contribution is 6.30. The van der Waals surface area contributed by atoms with Crippen molar-refractivity contribution in [2.24, 2.45) is 0 Å². The Balaban J connectivity index is 2.25. The van der Waals surface area contributed by atoms with Gasteiger partial charge in [0, 0.05) is 11.2 Å². The summed E-state index contributed by atoms with van der Waals surface area (Å²) in [5.74, 6) is 0.0127. The lowest BCUT2D eigenvalue weighted by atomic mass is 10.2. The van der Waals surface area contributed by atoms with Gasteiger partial charge in [-0.15, -0.1) is 10.2 Å². The molecule has 0 aliphatic rings. The average molecular weight is 304 g/mol. The summed E-state index contributed by atoms with van der Waals surface area (Å²) in [6.45, 7) is 0. The molecule has 0 atom stereocenters. The summed E-state index contributed by atoms with van der Waals surface area (Å²) in [6, 6.07) is 8.21. The lowest BCUT2D eigenvalue weighted by molar-refractivity contribution is 0.0696. The molecule has 3 aromatic rings. The molecule has 0 aliphatic carbocycles. The number of aromatic nitrogens is 3. The maximum atomic E-state index is 11.1. The molecule has 21 heavy (non-hydrogen) atoms. The van der Waals surface area contributed by atoms with Crippen molar-refractivity contribution < 1.29 is 14.6 Å². The first kappa shape index (κ1) is 13.4. The van der Waals surface area contributed by atoms with Gasteiger partial charge in [0.1, 0.15) is 5.75 Å². The predicted molar refractivity (Wildman–Crippen MR) is 76.9 cm³/mol. The molecule has 2 heterocycles. The van der Waals surface area contributed by atoms with Gasteiger partial charge < -0.3 is 9.84 Å². The van der Waals surface area contributed by atoms with Crippen molar-refractivity contribution in [1.82, 2.24) is 14.6 Å². The average Bonchev–Trinajstić information content (AvgIpc) is 2.89. The Morgan fingerprint density at radius 2 is 2.10 bits per heavy atom. The lowest BCUT2D eigenvalue weighted by Gasteiger charge is -2.07. The van der Waals surface area contributed by atoms with E-state index >= 15 is 0 Å². The van der Waals surface area contributed by atoms with Crippen LogP contribution in [0.25, 0.3) is 17.0 Å². The third-order valence-corrected chi connectivity index (χ3v) is 3.29. The second kappa shape index (κ2) is 5.06. The molecule has 0 saturated carbocycles. The number of pyridine rings is 1. The molecule has 3 rings (SSSR count). The number of hydrogen-bond acceptors (Lipinski definition) is 4. The van der Waals surface area contributed by atoms with Crippen LogP contribution in [0.1, 0.15) is 10.4 Å². The number of ether oxygens (including phenoxy) is 1. The number of nitrogens with zero attached hydrogens (tertiary/aromatic N) is 3. The summed E-state index contributed by atoms with van der Waals surface area (Å²) in [5.41, 5.74) is 1.38. The van der Waals surface area contributed by atoms with Crippen molar-refractivity contribution in [3.63, 3.8) is 0 Å². The summed E-state index contributed by atoms with van der Waals surface area (Å²) in [5, 5.41) is 17.7. The zero-order valence-electron chi connectivity index (χ0n) is 10.9. The first-order chi connectivity index (χ1) is 10.1. The van der Waals surface area contributed by atoms with Gasteiger partial charge in [-0.25, -0.2) is 4.79 Å². The van der Waals surface area contributed by atoms with Gasteiger partial charge in [-0.3, -0.25) is 4.40 Å². The van der Waals surface area contributed by atoms with E-state index in [1.807, 2.05) is 0 Å². The fourth-order valence-electron chi connectivity index (χ4n) is 2.05. The van der Waals surface area contributed by atoms with Gasteiger partial charge in [-0.2, -0.15) is 0 Å². The molecular weight excluding hydrogens is 294 g/mol. The number of methoxy groups -OCH3 is 1.